The molecule has 5 nitrogen and oxygen atoms in total. The Labute approximate surface area is 146 Å². The van der Waals surface area contributed by atoms with Crippen molar-refractivity contribution >= 4 is 11.6 Å². The number of nitrogens with zero attached hydrogens (tertiary/aromatic N) is 4. The predicted molar refractivity (Wildman–Crippen MR) is 86.2 cm³/mol. The fraction of sp³-hybridized carbons (Fsp3) is 0.353. The van der Waals surface area contributed by atoms with E-state index in [0.717, 1.165) is 34.9 Å². The van der Waals surface area contributed by atoms with Gasteiger partial charge in [0.25, 0.3) is 11.6 Å². The van der Waals surface area contributed by atoms with Crippen LogP contribution in [0.1, 0.15) is 41.5 Å². The molecule has 2 heterocycles. The van der Waals surface area contributed by atoms with Gasteiger partial charge in [-0.25, -0.2) is 9.37 Å². The Kier molecular flexibility index (Phi) is 3.82. The summed E-state index contributed by atoms with van der Waals surface area (Å²) in [5, 5.41) is 6.74. The molecule has 3 aromatic rings. The molecule has 0 amide bonds. The minimum atomic E-state index is -4.65. The van der Waals surface area contributed by atoms with Crippen LogP contribution in [0.2, 0.25) is 0 Å². The van der Waals surface area contributed by atoms with Crippen LogP contribution in [0.3, 0.4) is 0 Å². The minimum Gasteiger partial charge on any atom is -0.363 e. The molecule has 26 heavy (non-hydrogen) atoms. The van der Waals surface area contributed by atoms with Crippen molar-refractivity contribution in [2.75, 3.05) is 5.32 Å². The molecule has 0 fully saturated rings. The Balaban J connectivity index is 1.77. The maximum atomic E-state index is 13.7. The second-order valence-corrected chi connectivity index (χ2v) is 6.36. The molecule has 0 spiro atoms. The summed E-state index contributed by atoms with van der Waals surface area (Å²) in [6.07, 6.45) is -2.17. The van der Waals surface area contributed by atoms with Crippen molar-refractivity contribution in [2.45, 2.75) is 38.4 Å². The molecular weight excluding hydrogens is 350 g/mol. The van der Waals surface area contributed by atoms with E-state index in [4.69, 9.17) is 0 Å². The van der Waals surface area contributed by atoms with Crippen LogP contribution in [0.4, 0.5) is 23.4 Å². The highest BCUT2D eigenvalue weighted by Crippen LogP contribution is 2.33. The molecule has 1 N–H and O–H groups in total. The van der Waals surface area contributed by atoms with Gasteiger partial charge in [-0.3, -0.25) is 0 Å². The fourth-order valence-electron chi connectivity index (χ4n) is 3.31. The molecule has 0 radical (unpaired) electrons. The lowest BCUT2D eigenvalue weighted by Crippen LogP contribution is -2.19. The summed E-state index contributed by atoms with van der Waals surface area (Å²) in [5.74, 6) is -1.37. The maximum Gasteiger partial charge on any atom is 0.453 e. The molecule has 2 aromatic heterocycles. The zero-order chi connectivity index (χ0) is 18.5. The number of benzene rings is 1. The van der Waals surface area contributed by atoms with Crippen LogP contribution in [0.5, 0.6) is 0 Å². The summed E-state index contributed by atoms with van der Waals surface area (Å²) in [6.45, 7) is 1.67. The topological polar surface area (TPSA) is 55.1 Å². The number of rotatable bonds is 2. The van der Waals surface area contributed by atoms with Gasteiger partial charge in [-0.1, -0.05) is 6.07 Å². The van der Waals surface area contributed by atoms with Gasteiger partial charge in [0, 0.05) is 11.8 Å². The number of nitrogens with one attached hydrogen (secondary N) is 1. The third-order valence-corrected chi connectivity index (χ3v) is 4.44. The average molecular weight is 365 g/mol. The Morgan fingerprint density at radius 1 is 1.19 bits per heavy atom. The number of fused-ring (bicyclic) bond motifs is 2. The van der Waals surface area contributed by atoms with E-state index in [1.807, 2.05) is 0 Å². The van der Waals surface area contributed by atoms with E-state index in [9.17, 15) is 17.6 Å². The number of halogens is 4. The van der Waals surface area contributed by atoms with Gasteiger partial charge in [0.2, 0.25) is 0 Å². The van der Waals surface area contributed by atoms with Crippen LogP contribution in [0.15, 0.2) is 24.3 Å². The molecule has 0 saturated heterocycles. The lowest BCUT2D eigenvalue weighted by Gasteiger charge is -2.27. The number of hydrogen-bond acceptors (Lipinski definition) is 4. The number of aromatic nitrogens is 4. The maximum absolute atomic E-state index is 13.7. The minimum absolute atomic E-state index is 0.130. The van der Waals surface area contributed by atoms with E-state index in [-0.39, 0.29) is 17.6 Å². The van der Waals surface area contributed by atoms with Crippen molar-refractivity contribution in [3.05, 3.63) is 52.7 Å². The molecule has 1 atom stereocenters. The van der Waals surface area contributed by atoms with Crippen LogP contribution < -0.4 is 5.32 Å². The SMILES string of the molecule is Cc1cc(NC2CCCc3ccc(F)cc32)n2nc(C(F)(F)F)nc2n1. The first-order chi connectivity index (χ1) is 12.3. The van der Waals surface area contributed by atoms with Gasteiger partial charge in [-0.15, -0.1) is 5.10 Å². The third-order valence-electron chi connectivity index (χ3n) is 4.44. The largest absolute Gasteiger partial charge is 0.453 e. The summed E-state index contributed by atoms with van der Waals surface area (Å²) in [4.78, 5) is 7.48. The van der Waals surface area contributed by atoms with E-state index < -0.39 is 12.0 Å². The van der Waals surface area contributed by atoms with Crippen molar-refractivity contribution in [1.82, 2.24) is 19.6 Å². The zero-order valence-corrected chi connectivity index (χ0v) is 13.8. The van der Waals surface area contributed by atoms with Crippen LogP contribution in [0.25, 0.3) is 5.78 Å². The van der Waals surface area contributed by atoms with Crippen molar-refractivity contribution < 1.29 is 17.6 Å². The van der Waals surface area contributed by atoms with Gasteiger partial charge >= 0.3 is 6.18 Å². The molecule has 1 aliphatic carbocycles. The fourth-order valence-corrected chi connectivity index (χ4v) is 3.31. The number of alkyl halides is 3. The third kappa shape index (κ3) is 2.97. The first-order valence-electron chi connectivity index (χ1n) is 8.18. The van der Waals surface area contributed by atoms with E-state index in [0.29, 0.717) is 11.5 Å². The van der Waals surface area contributed by atoms with Crippen molar-refractivity contribution in [1.29, 1.82) is 0 Å². The molecule has 1 aromatic carbocycles. The summed E-state index contributed by atoms with van der Waals surface area (Å²) < 4.78 is 53.5. The quantitative estimate of drug-likeness (QED) is 0.696. The molecule has 9 heteroatoms. The molecule has 0 aliphatic heterocycles. The Hall–Kier alpha value is -2.71. The normalized spacial score (nSPS) is 17.3. The smallest absolute Gasteiger partial charge is 0.363 e. The number of hydrogen-bond donors (Lipinski definition) is 1. The van der Waals surface area contributed by atoms with Crippen LogP contribution in [-0.4, -0.2) is 19.6 Å². The molecule has 0 bridgehead atoms. The van der Waals surface area contributed by atoms with Crippen molar-refractivity contribution in [2.24, 2.45) is 0 Å². The Bertz CT molecular complexity index is 979. The second-order valence-electron chi connectivity index (χ2n) is 6.36. The highest BCUT2D eigenvalue weighted by Gasteiger charge is 2.37. The Morgan fingerprint density at radius 3 is 2.77 bits per heavy atom. The average Bonchev–Trinajstić information content (AvgIpc) is 3.00. The first-order valence-corrected chi connectivity index (χ1v) is 8.18. The monoisotopic (exact) mass is 365 g/mol. The zero-order valence-electron chi connectivity index (χ0n) is 13.8. The highest BCUT2D eigenvalue weighted by atomic mass is 19.4. The van der Waals surface area contributed by atoms with Crippen molar-refractivity contribution in [3.8, 4) is 0 Å². The van der Waals surface area contributed by atoms with Gasteiger partial charge in [-0.05, 0) is 49.4 Å². The van der Waals surface area contributed by atoms with E-state index in [1.165, 1.54) is 12.1 Å². The van der Waals surface area contributed by atoms with Gasteiger partial charge in [0.1, 0.15) is 11.6 Å². The summed E-state index contributed by atoms with van der Waals surface area (Å²) in [6, 6.07) is 6.03. The molecule has 4 rings (SSSR count). The Morgan fingerprint density at radius 2 is 2.00 bits per heavy atom. The predicted octanol–water partition coefficient (Wildman–Crippen LogP) is 4.08. The molecule has 136 valence electrons. The van der Waals surface area contributed by atoms with Crippen molar-refractivity contribution in [3.63, 3.8) is 0 Å². The molecule has 1 aliphatic rings. The van der Waals surface area contributed by atoms with Gasteiger partial charge in [-0.2, -0.15) is 22.7 Å². The first kappa shape index (κ1) is 16.7. The molecule has 1 unspecified atom stereocenters. The number of anilines is 1. The molecule has 0 saturated carbocycles. The van der Waals surface area contributed by atoms with E-state index in [2.05, 4.69) is 20.4 Å². The summed E-state index contributed by atoms with van der Waals surface area (Å²) in [5.41, 5.74) is 2.36. The number of aryl methyl sites for hydroxylation is 2. The second kappa shape index (κ2) is 5.93. The highest BCUT2D eigenvalue weighted by molar-refractivity contribution is 5.48. The van der Waals surface area contributed by atoms with E-state index >= 15 is 0 Å². The summed E-state index contributed by atoms with van der Waals surface area (Å²) >= 11 is 0. The summed E-state index contributed by atoms with van der Waals surface area (Å²) in [7, 11) is 0. The van der Waals surface area contributed by atoms with Gasteiger partial charge in [0.15, 0.2) is 0 Å². The standard InChI is InChI=1S/C17H15F4N5/c1-9-7-14(26-16(22-9)24-15(25-26)17(19,20)21)23-13-4-2-3-10-5-6-11(18)8-12(10)13/h5-8,13,23H,2-4H2,1H3. The van der Waals surface area contributed by atoms with E-state index in [1.54, 1.807) is 19.1 Å². The van der Waals surface area contributed by atoms with Crippen LogP contribution >= 0.6 is 0 Å². The van der Waals surface area contributed by atoms with Gasteiger partial charge in [0.05, 0.1) is 6.04 Å². The lowest BCUT2D eigenvalue weighted by atomic mass is 9.87. The van der Waals surface area contributed by atoms with Gasteiger partial charge < -0.3 is 5.32 Å². The molecular formula is C17H15F4N5. The lowest BCUT2D eigenvalue weighted by molar-refractivity contribution is -0.144. The van der Waals surface area contributed by atoms with Crippen LogP contribution in [-0.2, 0) is 12.6 Å². The van der Waals surface area contributed by atoms with Crippen LogP contribution in [0, 0.1) is 12.7 Å².